The van der Waals surface area contributed by atoms with Gasteiger partial charge in [-0.05, 0) is 54.8 Å². The van der Waals surface area contributed by atoms with E-state index in [-0.39, 0.29) is 0 Å². The summed E-state index contributed by atoms with van der Waals surface area (Å²) in [6, 6.07) is 14.7. The number of H-pyrrole nitrogens is 1. The summed E-state index contributed by atoms with van der Waals surface area (Å²) in [6.45, 7) is 3.14. The summed E-state index contributed by atoms with van der Waals surface area (Å²) in [5.41, 5.74) is 3.27. The van der Waals surface area contributed by atoms with Gasteiger partial charge in [0.05, 0.1) is 0 Å². The SMILES string of the molecule is O=c1[nH]nc(-c2ccc(CN3CCC[C@@H]3c3ccc4c(c3)OCCO4)cc2)o1. The summed E-state index contributed by atoms with van der Waals surface area (Å²) < 4.78 is 16.4. The maximum atomic E-state index is 11.1. The van der Waals surface area contributed by atoms with Crippen LogP contribution in [0.2, 0.25) is 0 Å². The van der Waals surface area contributed by atoms with Crippen molar-refractivity contribution in [2.75, 3.05) is 19.8 Å². The fourth-order valence-electron chi connectivity index (χ4n) is 4.00. The number of rotatable bonds is 4. The molecule has 7 heteroatoms. The Hall–Kier alpha value is -3.06. The third-order valence-corrected chi connectivity index (χ3v) is 5.34. The smallest absolute Gasteiger partial charge is 0.434 e. The van der Waals surface area contributed by atoms with Crippen molar-refractivity contribution in [2.45, 2.75) is 25.4 Å². The third-order valence-electron chi connectivity index (χ3n) is 5.34. The van der Waals surface area contributed by atoms with Crippen molar-refractivity contribution in [2.24, 2.45) is 0 Å². The molecule has 0 bridgehead atoms. The van der Waals surface area contributed by atoms with Crippen LogP contribution in [0.1, 0.15) is 30.0 Å². The summed E-state index contributed by atoms with van der Waals surface area (Å²) in [6.07, 6.45) is 2.31. The van der Waals surface area contributed by atoms with E-state index < -0.39 is 5.76 Å². The van der Waals surface area contributed by atoms with E-state index in [0.29, 0.717) is 25.1 Å². The summed E-state index contributed by atoms with van der Waals surface area (Å²) in [5, 5.41) is 6.16. The molecule has 28 heavy (non-hydrogen) atoms. The summed E-state index contributed by atoms with van der Waals surface area (Å²) in [4.78, 5) is 13.6. The number of aromatic amines is 1. The van der Waals surface area contributed by atoms with Crippen LogP contribution < -0.4 is 15.2 Å². The monoisotopic (exact) mass is 379 g/mol. The van der Waals surface area contributed by atoms with Gasteiger partial charge in [-0.1, -0.05) is 18.2 Å². The predicted octanol–water partition coefficient (Wildman–Crippen LogP) is 3.14. The lowest BCUT2D eigenvalue weighted by Gasteiger charge is -2.26. The van der Waals surface area contributed by atoms with Crippen molar-refractivity contribution in [3.8, 4) is 23.0 Å². The molecule has 5 rings (SSSR count). The van der Waals surface area contributed by atoms with Gasteiger partial charge >= 0.3 is 5.76 Å². The van der Waals surface area contributed by atoms with Crippen LogP contribution in [0.3, 0.4) is 0 Å². The average Bonchev–Trinajstić information content (AvgIpc) is 3.37. The molecular formula is C21H21N3O4. The van der Waals surface area contributed by atoms with E-state index in [1.165, 1.54) is 17.5 Å². The van der Waals surface area contributed by atoms with Crippen LogP contribution in [0.5, 0.6) is 11.5 Å². The van der Waals surface area contributed by atoms with Crippen LogP contribution in [0.4, 0.5) is 0 Å². The number of nitrogens with one attached hydrogen (secondary N) is 1. The summed E-state index contributed by atoms with van der Waals surface area (Å²) in [7, 11) is 0. The van der Waals surface area contributed by atoms with E-state index in [9.17, 15) is 4.79 Å². The normalized spacial score (nSPS) is 19.1. The minimum atomic E-state index is -0.543. The number of likely N-dealkylation sites (tertiary alicyclic amines) is 1. The van der Waals surface area contributed by atoms with E-state index in [1.807, 2.05) is 18.2 Å². The second-order valence-corrected chi connectivity index (χ2v) is 7.15. The first-order valence-corrected chi connectivity index (χ1v) is 9.55. The molecule has 2 aromatic carbocycles. The van der Waals surface area contributed by atoms with Gasteiger partial charge in [0.1, 0.15) is 13.2 Å². The Morgan fingerprint density at radius 2 is 1.89 bits per heavy atom. The zero-order valence-corrected chi connectivity index (χ0v) is 15.4. The van der Waals surface area contributed by atoms with E-state index in [2.05, 4.69) is 39.4 Å². The van der Waals surface area contributed by atoms with E-state index in [0.717, 1.165) is 36.6 Å². The number of aromatic nitrogens is 2. The van der Waals surface area contributed by atoms with E-state index >= 15 is 0 Å². The molecule has 3 aromatic rings. The quantitative estimate of drug-likeness (QED) is 0.750. The van der Waals surface area contributed by atoms with Gasteiger partial charge in [0, 0.05) is 18.2 Å². The van der Waals surface area contributed by atoms with Gasteiger partial charge in [0.25, 0.3) is 0 Å². The Morgan fingerprint density at radius 1 is 1.07 bits per heavy atom. The maximum absolute atomic E-state index is 11.1. The average molecular weight is 379 g/mol. The highest BCUT2D eigenvalue weighted by Gasteiger charge is 2.27. The van der Waals surface area contributed by atoms with Crippen molar-refractivity contribution in [3.63, 3.8) is 0 Å². The van der Waals surface area contributed by atoms with Gasteiger partial charge in [0.15, 0.2) is 11.5 Å². The molecule has 0 radical (unpaired) electrons. The van der Waals surface area contributed by atoms with Crippen molar-refractivity contribution < 1.29 is 13.9 Å². The molecule has 0 spiro atoms. The van der Waals surface area contributed by atoms with Crippen molar-refractivity contribution >= 4 is 0 Å². The highest BCUT2D eigenvalue weighted by molar-refractivity contribution is 5.52. The summed E-state index contributed by atoms with van der Waals surface area (Å²) in [5.74, 6) is 1.45. The number of hydrogen-bond acceptors (Lipinski definition) is 6. The van der Waals surface area contributed by atoms with Gasteiger partial charge in [-0.25, -0.2) is 9.89 Å². The van der Waals surface area contributed by atoms with E-state index in [4.69, 9.17) is 13.9 Å². The lowest BCUT2D eigenvalue weighted by Crippen LogP contribution is -2.23. The Labute approximate surface area is 161 Å². The topological polar surface area (TPSA) is 80.6 Å². The van der Waals surface area contributed by atoms with Gasteiger partial charge in [-0.2, -0.15) is 0 Å². The molecule has 7 nitrogen and oxygen atoms in total. The Balaban J connectivity index is 1.32. The van der Waals surface area contributed by atoms with Crippen LogP contribution in [0, 0.1) is 0 Å². The Bertz CT molecular complexity index is 1020. The molecule has 1 aromatic heterocycles. The molecule has 1 fully saturated rings. The second-order valence-electron chi connectivity index (χ2n) is 7.15. The lowest BCUT2D eigenvalue weighted by atomic mass is 10.0. The highest BCUT2D eigenvalue weighted by Crippen LogP contribution is 2.38. The first-order valence-electron chi connectivity index (χ1n) is 9.55. The second kappa shape index (κ2) is 7.16. The zero-order valence-electron chi connectivity index (χ0n) is 15.4. The van der Waals surface area contributed by atoms with Gasteiger partial charge < -0.3 is 13.9 Å². The molecule has 2 aliphatic heterocycles. The predicted molar refractivity (Wildman–Crippen MR) is 102 cm³/mol. The third kappa shape index (κ3) is 3.29. The van der Waals surface area contributed by atoms with E-state index in [1.54, 1.807) is 0 Å². The van der Waals surface area contributed by atoms with Gasteiger partial charge in [-0.3, -0.25) is 4.90 Å². The summed E-state index contributed by atoms with van der Waals surface area (Å²) >= 11 is 0. The minimum Gasteiger partial charge on any atom is -0.486 e. The number of ether oxygens (including phenoxy) is 2. The Morgan fingerprint density at radius 3 is 2.68 bits per heavy atom. The van der Waals surface area contributed by atoms with Crippen LogP contribution in [0.15, 0.2) is 51.7 Å². The minimum absolute atomic E-state index is 0.312. The molecule has 3 heterocycles. The molecule has 0 aliphatic carbocycles. The zero-order chi connectivity index (χ0) is 18.9. The first-order chi connectivity index (χ1) is 13.8. The van der Waals surface area contributed by atoms with Crippen molar-refractivity contribution in [1.82, 2.24) is 15.1 Å². The maximum Gasteiger partial charge on any atom is 0.434 e. The highest BCUT2D eigenvalue weighted by atomic mass is 16.6. The molecule has 1 N–H and O–H groups in total. The molecule has 0 unspecified atom stereocenters. The molecule has 2 aliphatic rings. The van der Waals surface area contributed by atoms with Crippen molar-refractivity contribution in [3.05, 3.63) is 64.1 Å². The molecular weight excluding hydrogens is 358 g/mol. The molecule has 0 saturated carbocycles. The number of fused-ring (bicyclic) bond motifs is 1. The molecule has 0 amide bonds. The molecule has 1 atom stereocenters. The van der Waals surface area contributed by atoms with Crippen LogP contribution in [0.25, 0.3) is 11.5 Å². The number of benzene rings is 2. The standard InChI is InChI=1S/C21H21N3O4/c25-21-23-22-20(28-21)15-5-3-14(4-6-15)13-24-9-1-2-17(24)16-7-8-18-19(12-16)27-11-10-26-18/h3-8,12,17H,1-2,9-11,13H2,(H,23,25)/t17-/m1/s1. The lowest BCUT2D eigenvalue weighted by molar-refractivity contribution is 0.170. The van der Waals surface area contributed by atoms with Crippen molar-refractivity contribution in [1.29, 1.82) is 0 Å². The van der Waals surface area contributed by atoms with Crippen LogP contribution >= 0.6 is 0 Å². The van der Waals surface area contributed by atoms with Crippen LogP contribution in [-0.2, 0) is 6.54 Å². The van der Waals surface area contributed by atoms with Crippen LogP contribution in [-0.4, -0.2) is 34.9 Å². The molecule has 1 saturated heterocycles. The number of hydrogen-bond donors (Lipinski definition) is 1. The van der Waals surface area contributed by atoms with Gasteiger partial charge in [0.2, 0.25) is 5.89 Å². The Kier molecular flexibility index (Phi) is 4.37. The molecule has 144 valence electrons. The fourth-order valence-corrected chi connectivity index (χ4v) is 4.00. The first kappa shape index (κ1) is 17.1. The number of nitrogens with zero attached hydrogens (tertiary/aromatic N) is 2. The fraction of sp³-hybridized carbons (Fsp3) is 0.333. The largest absolute Gasteiger partial charge is 0.486 e. The van der Waals surface area contributed by atoms with Gasteiger partial charge in [-0.15, -0.1) is 5.10 Å².